The molecule has 0 aromatic heterocycles. The predicted octanol–water partition coefficient (Wildman–Crippen LogP) is 6.02. The first-order valence-electron chi connectivity index (χ1n) is 11.9. The van der Waals surface area contributed by atoms with Gasteiger partial charge >= 0.3 is 0 Å². The Bertz CT molecular complexity index is 1320. The van der Waals surface area contributed by atoms with Gasteiger partial charge in [0, 0.05) is 22.9 Å². The lowest BCUT2D eigenvalue weighted by molar-refractivity contribution is -0.132. The van der Waals surface area contributed by atoms with Crippen molar-refractivity contribution in [3.63, 3.8) is 0 Å². The SMILES string of the molecule is CCOc1ccc(/C(O)=C2/C(=O)C(=O)N(c3cccc(OC)c3)C2c2ccccc2)cc1C(C)(C)C. The van der Waals surface area contributed by atoms with Crippen LogP contribution in [-0.2, 0) is 15.0 Å². The van der Waals surface area contributed by atoms with Gasteiger partial charge in [0.2, 0.25) is 0 Å². The third kappa shape index (κ3) is 4.59. The number of benzene rings is 3. The molecule has 6 nitrogen and oxygen atoms in total. The van der Waals surface area contributed by atoms with Crippen molar-refractivity contribution in [2.75, 3.05) is 18.6 Å². The fourth-order valence-electron chi connectivity index (χ4n) is 4.51. The molecular weight excluding hydrogens is 454 g/mol. The zero-order chi connectivity index (χ0) is 26.0. The Morgan fingerprint density at radius 3 is 2.33 bits per heavy atom. The predicted molar refractivity (Wildman–Crippen MR) is 141 cm³/mol. The van der Waals surface area contributed by atoms with E-state index in [0.717, 1.165) is 11.3 Å². The quantitative estimate of drug-likeness (QED) is 0.263. The third-order valence-electron chi connectivity index (χ3n) is 6.25. The van der Waals surface area contributed by atoms with Gasteiger partial charge in [-0.15, -0.1) is 0 Å². The van der Waals surface area contributed by atoms with E-state index in [1.807, 2.05) is 43.3 Å². The van der Waals surface area contributed by atoms with Crippen LogP contribution in [0, 0.1) is 0 Å². The summed E-state index contributed by atoms with van der Waals surface area (Å²) in [5, 5.41) is 11.5. The molecule has 0 saturated carbocycles. The molecule has 36 heavy (non-hydrogen) atoms. The highest BCUT2D eigenvalue weighted by molar-refractivity contribution is 6.51. The molecule has 6 heteroatoms. The zero-order valence-corrected chi connectivity index (χ0v) is 21.2. The Morgan fingerprint density at radius 2 is 1.69 bits per heavy atom. The summed E-state index contributed by atoms with van der Waals surface area (Å²) in [6.07, 6.45) is 0. The van der Waals surface area contributed by atoms with Crippen molar-refractivity contribution in [1.82, 2.24) is 0 Å². The number of amides is 1. The molecule has 1 N–H and O–H groups in total. The summed E-state index contributed by atoms with van der Waals surface area (Å²) in [4.78, 5) is 28.2. The Morgan fingerprint density at radius 1 is 0.972 bits per heavy atom. The van der Waals surface area contributed by atoms with E-state index in [9.17, 15) is 14.7 Å². The fourth-order valence-corrected chi connectivity index (χ4v) is 4.51. The second-order valence-corrected chi connectivity index (χ2v) is 9.68. The fraction of sp³-hybridized carbons (Fsp3) is 0.267. The normalized spacial score (nSPS) is 17.4. The first kappa shape index (κ1) is 25.0. The standard InChI is InChI=1S/C30H31NO5/c1-6-36-24-16-15-20(17-23(24)30(2,3)4)27(32)25-26(19-11-8-7-9-12-19)31(29(34)28(25)33)21-13-10-14-22(18-21)35-5/h7-18,26,32H,6H2,1-5H3/b27-25-. The number of hydrogen-bond acceptors (Lipinski definition) is 5. The maximum Gasteiger partial charge on any atom is 0.300 e. The van der Waals surface area contributed by atoms with E-state index in [2.05, 4.69) is 20.8 Å². The van der Waals surface area contributed by atoms with Crippen LogP contribution in [0.4, 0.5) is 5.69 Å². The van der Waals surface area contributed by atoms with Crippen molar-refractivity contribution in [1.29, 1.82) is 0 Å². The van der Waals surface area contributed by atoms with Crippen LogP contribution in [0.1, 0.15) is 50.4 Å². The van der Waals surface area contributed by atoms with Crippen molar-refractivity contribution in [3.8, 4) is 11.5 Å². The molecule has 3 aromatic carbocycles. The van der Waals surface area contributed by atoms with Crippen LogP contribution >= 0.6 is 0 Å². The van der Waals surface area contributed by atoms with Gasteiger partial charge in [-0.2, -0.15) is 0 Å². The number of nitrogens with zero attached hydrogens (tertiary/aromatic N) is 1. The molecule has 1 aliphatic heterocycles. The Balaban J connectivity index is 1.93. The molecule has 0 bridgehead atoms. The summed E-state index contributed by atoms with van der Waals surface area (Å²) >= 11 is 0. The highest BCUT2D eigenvalue weighted by Gasteiger charge is 2.47. The van der Waals surface area contributed by atoms with E-state index in [0.29, 0.717) is 29.2 Å². The van der Waals surface area contributed by atoms with E-state index in [-0.39, 0.29) is 16.7 Å². The number of ketones is 1. The van der Waals surface area contributed by atoms with Crippen LogP contribution in [0.2, 0.25) is 0 Å². The molecule has 1 aliphatic rings. The first-order valence-corrected chi connectivity index (χ1v) is 11.9. The van der Waals surface area contributed by atoms with Crippen LogP contribution in [0.3, 0.4) is 0 Å². The van der Waals surface area contributed by atoms with Gasteiger partial charge in [-0.25, -0.2) is 0 Å². The number of methoxy groups -OCH3 is 1. The van der Waals surface area contributed by atoms with E-state index >= 15 is 0 Å². The first-order chi connectivity index (χ1) is 17.2. The number of rotatable bonds is 6. The van der Waals surface area contributed by atoms with Gasteiger partial charge in [0.25, 0.3) is 11.7 Å². The molecule has 1 fully saturated rings. The monoisotopic (exact) mass is 485 g/mol. The number of Topliss-reactive ketones (excluding diaryl/α,β-unsaturated/α-hetero) is 1. The summed E-state index contributed by atoms with van der Waals surface area (Å²) in [5.74, 6) is -0.391. The van der Waals surface area contributed by atoms with Gasteiger partial charge in [0.1, 0.15) is 17.3 Å². The van der Waals surface area contributed by atoms with E-state index in [4.69, 9.17) is 9.47 Å². The summed E-state index contributed by atoms with van der Waals surface area (Å²) < 4.78 is 11.2. The Hall–Kier alpha value is -4.06. The van der Waals surface area contributed by atoms with Gasteiger partial charge in [-0.3, -0.25) is 14.5 Å². The average molecular weight is 486 g/mol. The molecule has 1 atom stereocenters. The Labute approximate surface area is 211 Å². The number of ether oxygens (including phenoxy) is 2. The topological polar surface area (TPSA) is 76.1 Å². The van der Waals surface area contributed by atoms with Crippen LogP contribution in [0.15, 0.2) is 78.4 Å². The van der Waals surface area contributed by atoms with Crippen molar-refractivity contribution in [2.24, 2.45) is 0 Å². The lowest BCUT2D eigenvalue weighted by Gasteiger charge is -2.26. The van der Waals surface area contributed by atoms with Gasteiger partial charge < -0.3 is 14.6 Å². The number of aliphatic hydroxyl groups excluding tert-OH is 1. The minimum absolute atomic E-state index is 0.0399. The molecule has 1 saturated heterocycles. The molecule has 0 radical (unpaired) electrons. The summed E-state index contributed by atoms with van der Waals surface area (Å²) in [5.41, 5.74) is 2.33. The second kappa shape index (κ2) is 9.90. The summed E-state index contributed by atoms with van der Waals surface area (Å²) in [6.45, 7) is 8.59. The molecular formula is C30H31NO5. The van der Waals surface area contributed by atoms with Crippen molar-refractivity contribution < 1.29 is 24.2 Å². The third-order valence-corrected chi connectivity index (χ3v) is 6.25. The smallest absolute Gasteiger partial charge is 0.300 e. The van der Waals surface area contributed by atoms with Crippen molar-refractivity contribution in [3.05, 3.63) is 95.1 Å². The highest BCUT2D eigenvalue weighted by Crippen LogP contribution is 2.43. The number of carbonyl (C=O) groups is 2. The Kier molecular flexibility index (Phi) is 6.88. The van der Waals surface area contributed by atoms with Crippen LogP contribution in [-0.4, -0.2) is 30.5 Å². The van der Waals surface area contributed by atoms with Gasteiger partial charge in [-0.1, -0.05) is 57.2 Å². The minimum Gasteiger partial charge on any atom is -0.507 e. The van der Waals surface area contributed by atoms with Crippen LogP contribution in [0.25, 0.3) is 5.76 Å². The van der Waals surface area contributed by atoms with Crippen LogP contribution < -0.4 is 14.4 Å². The highest BCUT2D eigenvalue weighted by atomic mass is 16.5. The van der Waals surface area contributed by atoms with Crippen molar-refractivity contribution >= 4 is 23.1 Å². The number of carbonyl (C=O) groups excluding carboxylic acids is 2. The van der Waals surface area contributed by atoms with E-state index < -0.39 is 17.7 Å². The van der Waals surface area contributed by atoms with E-state index in [1.165, 1.54) is 4.90 Å². The van der Waals surface area contributed by atoms with Gasteiger partial charge in [-0.05, 0) is 48.2 Å². The van der Waals surface area contributed by atoms with Gasteiger partial charge in [0.05, 0.1) is 25.3 Å². The molecule has 0 aliphatic carbocycles. The molecule has 0 spiro atoms. The molecule has 4 rings (SSSR count). The maximum atomic E-state index is 13.4. The molecule has 3 aromatic rings. The lowest BCUT2D eigenvalue weighted by atomic mass is 9.84. The van der Waals surface area contributed by atoms with Crippen LogP contribution in [0.5, 0.6) is 11.5 Å². The molecule has 1 unspecified atom stereocenters. The lowest BCUT2D eigenvalue weighted by Crippen LogP contribution is -2.29. The number of anilines is 1. The second-order valence-electron chi connectivity index (χ2n) is 9.68. The average Bonchev–Trinajstić information content (AvgIpc) is 3.14. The number of aliphatic hydroxyl groups is 1. The molecule has 1 amide bonds. The van der Waals surface area contributed by atoms with Gasteiger partial charge in [0.15, 0.2) is 0 Å². The summed E-state index contributed by atoms with van der Waals surface area (Å²) in [6, 6.07) is 20.8. The maximum absolute atomic E-state index is 13.4. The minimum atomic E-state index is -0.803. The largest absolute Gasteiger partial charge is 0.507 e. The molecule has 186 valence electrons. The van der Waals surface area contributed by atoms with Crippen molar-refractivity contribution in [2.45, 2.75) is 39.2 Å². The molecule has 1 heterocycles. The van der Waals surface area contributed by atoms with E-state index in [1.54, 1.807) is 43.5 Å². The zero-order valence-electron chi connectivity index (χ0n) is 21.2. The summed E-state index contributed by atoms with van der Waals surface area (Å²) in [7, 11) is 1.54. The number of hydrogen-bond donors (Lipinski definition) is 1.